The molecule has 3 rings (SSSR count). The average Bonchev–Trinajstić information content (AvgIpc) is 3.33. The van der Waals surface area contributed by atoms with Crippen LogP contribution in [0.2, 0.25) is 0 Å². The summed E-state index contributed by atoms with van der Waals surface area (Å²) in [6.45, 7) is 13.7. The third-order valence-electron chi connectivity index (χ3n) is 6.15. The Morgan fingerprint density at radius 3 is 2.14 bits per heavy atom. The first-order chi connectivity index (χ1) is 10.2. The van der Waals surface area contributed by atoms with Gasteiger partial charge in [-0.3, -0.25) is 0 Å². The second-order valence-corrected chi connectivity index (χ2v) is 8.05. The lowest BCUT2D eigenvalue weighted by molar-refractivity contribution is 0.0544. The molecule has 1 saturated heterocycles. The lowest BCUT2D eigenvalue weighted by Gasteiger charge is -2.45. The van der Waals surface area contributed by atoms with Gasteiger partial charge in [0.25, 0.3) is 0 Å². The molecule has 0 radical (unpaired) electrons. The summed E-state index contributed by atoms with van der Waals surface area (Å²) in [5.74, 6) is 0.955. The van der Waals surface area contributed by atoms with Gasteiger partial charge in [-0.05, 0) is 43.6 Å². The Bertz CT molecular complexity index is 310. The van der Waals surface area contributed by atoms with Crippen LogP contribution in [-0.4, -0.2) is 61.7 Å². The van der Waals surface area contributed by atoms with Crippen molar-refractivity contribution in [3.05, 3.63) is 0 Å². The van der Waals surface area contributed by atoms with E-state index < -0.39 is 0 Å². The minimum Gasteiger partial charge on any atom is -0.313 e. The molecule has 21 heavy (non-hydrogen) atoms. The number of nitrogens with one attached hydrogen (secondary N) is 1. The molecule has 0 aromatic rings. The third kappa shape index (κ3) is 4.43. The van der Waals surface area contributed by atoms with Gasteiger partial charge in [0, 0.05) is 45.3 Å². The SMILES string of the molecule is CCN1CCN(CC2(CNC3CC3)CCC(C)CC2)CC1. The highest BCUT2D eigenvalue weighted by Crippen LogP contribution is 2.40. The van der Waals surface area contributed by atoms with Gasteiger partial charge in [-0.2, -0.15) is 0 Å². The van der Waals surface area contributed by atoms with E-state index in [0.717, 1.165) is 12.0 Å². The van der Waals surface area contributed by atoms with Crippen LogP contribution in [0.1, 0.15) is 52.4 Å². The Morgan fingerprint density at radius 2 is 1.57 bits per heavy atom. The fraction of sp³-hybridized carbons (Fsp3) is 1.00. The van der Waals surface area contributed by atoms with E-state index in [4.69, 9.17) is 0 Å². The van der Waals surface area contributed by atoms with Crippen molar-refractivity contribution in [3.63, 3.8) is 0 Å². The maximum Gasteiger partial charge on any atom is 0.0110 e. The summed E-state index contributed by atoms with van der Waals surface area (Å²) in [5, 5.41) is 3.85. The highest BCUT2D eigenvalue weighted by atomic mass is 15.3. The predicted octanol–water partition coefficient (Wildman–Crippen LogP) is 2.57. The van der Waals surface area contributed by atoms with Gasteiger partial charge in [-0.15, -0.1) is 0 Å². The fourth-order valence-electron chi connectivity index (χ4n) is 4.15. The minimum absolute atomic E-state index is 0.573. The molecule has 0 spiro atoms. The van der Waals surface area contributed by atoms with Gasteiger partial charge >= 0.3 is 0 Å². The Labute approximate surface area is 131 Å². The van der Waals surface area contributed by atoms with Crippen molar-refractivity contribution in [3.8, 4) is 0 Å². The zero-order chi connectivity index (χ0) is 14.7. The molecule has 1 heterocycles. The molecule has 0 amide bonds. The molecule has 0 atom stereocenters. The van der Waals surface area contributed by atoms with Gasteiger partial charge in [0.2, 0.25) is 0 Å². The number of piperazine rings is 1. The van der Waals surface area contributed by atoms with E-state index in [1.54, 1.807) is 0 Å². The number of hydrogen-bond donors (Lipinski definition) is 1. The van der Waals surface area contributed by atoms with Gasteiger partial charge < -0.3 is 15.1 Å². The molecule has 1 N–H and O–H groups in total. The monoisotopic (exact) mass is 293 g/mol. The highest BCUT2D eigenvalue weighted by Gasteiger charge is 2.37. The molecular weight excluding hydrogens is 258 g/mol. The first-order valence-electron chi connectivity index (χ1n) is 9.37. The summed E-state index contributed by atoms with van der Waals surface area (Å²) in [7, 11) is 0. The molecule has 0 aromatic heterocycles. The van der Waals surface area contributed by atoms with Crippen molar-refractivity contribution in [2.45, 2.75) is 58.4 Å². The van der Waals surface area contributed by atoms with E-state index in [9.17, 15) is 0 Å². The van der Waals surface area contributed by atoms with Crippen LogP contribution in [-0.2, 0) is 0 Å². The lowest BCUT2D eigenvalue weighted by atomic mass is 9.70. The average molecular weight is 293 g/mol. The maximum absolute atomic E-state index is 3.85. The van der Waals surface area contributed by atoms with Gasteiger partial charge in [-0.25, -0.2) is 0 Å². The van der Waals surface area contributed by atoms with Crippen LogP contribution in [0.15, 0.2) is 0 Å². The van der Waals surface area contributed by atoms with Crippen LogP contribution in [0.4, 0.5) is 0 Å². The Hall–Kier alpha value is -0.120. The standard InChI is InChI=1S/C18H35N3/c1-3-20-10-12-21(13-11-20)15-18(14-19-17-4-5-17)8-6-16(2)7-9-18/h16-17,19H,3-15H2,1-2H3. The van der Waals surface area contributed by atoms with E-state index in [1.165, 1.54) is 84.3 Å². The van der Waals surface area contributed by atoms with Crippen LogP contribution in [0, 0.1) is 11.3 Å². The molecule has 0 unspecified atom stereocenters. The summed E-state index contributed by atoms with van der Waals surface area (Å²) in [5.41, 5.74) is 0.573. The van der Waals surface area contributed by atoms with Gasteiger partial charge in [0.1, 0.15) is 0 Å². The Balaban J connectivity index is 1.53. The molecule has 0 aromatic carbocycles. The fourth-order valence-corrected chi connectivity index (χ4v) is 4.15. The van der Waals surface area contributed by atoms with Crippen LogP contribution in [0.5, 0.6) is 0 Å². The largest absolute Gasteiger partial charge is 0.313 e. The number of likely N-dealkylation sites (N-methyl/N-ethyl adjacent to an activating group) is 1. The van der Waals surface area contributed by atoms with Crippen molar-refractivity contribution in [1.82, 2.24) is 15.1 Å². The van der Waals surface area contributed by atoms with Crippen molar-refractivity contribution in [2.24, 2.45) is 11.3 Å². The van der Waals surface area contributed by atoms with Gasteiger partial charge in [0.15, 0.2) is 0 Å². The second-order valence-electron chi connectivity index (χ2n) is 8.05. The molecule has 3 aliphatic rings. The Kier molecular flexibility index (Phi) is 5.23. The molecule has 2 aliphatic carbocycles. The quantitative estimate of drug-likeness (QED) is 0.812. The van der Waals surface area contributed by atoms with Crippen molar-refractivity contribution < 1.29 is 0 Å². The molecule has 2 saturated carbocycles. The van der Waals surface area contributed by atoms with Crippen LogP contribution >= 0.6 is 0 Å². The number of rotatable bonds is 6. The Morgan fingerprint density at radius 1 is 0.952 bits per heavy atom. The first-order valence-corrected chi connectivity index (χ1v) is 9.37. The minimum atomic E-state index is 0.573. The summed E-state index contributed by atoms with van der Waals surface area (Å²) in [6.07, 6.45) is 8.62. The summed E-state index contributed by atoms with van der Waals surface area (Å²) >= 11 is 0. The first kappa shape index (κ1) is 15.8. The van der Waals surface area contributed by atoms with Crippen molar-refractivity contribution in [2.75, 3.05) is 45.8 Å². The molecular formula is C18H35N3. The van der Waals surface area contributed by atoms with Gasteiger partial charge in [0.05, 0.1) is 0 Å². The smallest absolute Gasteiger partial charge is 0.0110 e. The summed E-state index contributed by atoms with van der Waals surface area (Å²) < 4.78 is 0. The molecule has 3 fully saturated rings. The molecule has 3 nitrogen and oxygen atoms in total. The van der Waals surface area contributed by atoms with Gasteiger partial charge in [-0.1, -0.05) is 26.7 Å². The maximum atomic E-state index is 3.85. The highest BCUT2D eigenvalue weighted by molar-refractivity contribution is 4.93. The zero-order valence-corrected chi connectivity index (χ0v) is 14.2. The normalized spacial score (nSPS) is 36.0. The van der Waals surface area contributed by atoms with E-state index in [0.29, 0.717) is 5.41 Å². The van der Waals surface area contributed by atoms with Crippen molar-refractivity contribution in [1.29, 1.82) is 0 Å². The van der Waals surface area contributed by atoms with E-state index in [2.05, 4.69) is 29.0 Å². The summed E-state index contributed by atoms with van der Waals surface area (Å²) in [6, 6.07) is 0.859. The zero-order valence-electron chi connectivity index (χ0n) is 14.2. The van der Waals surface area contributed by atoms with Crippen molar-refractivity contribution >= 4 is 0 Å². The van der Waals surface area contributed by atoms with E-state index in [1.807, 2.05) is 0 Å². The molecule has 3 heteroatoms. The molecule has 1 aliphatic heterocycles. The molecule has 0 bridgehead atoms. The van der Waals surface area contributed by atoms with Crippen LogP contribution < -0.4 is 5.32 Å². The van der Waals surface area contributed by atoms with E-state index in [-0.39, 0.29) is 0 Å². The second kappa shape index (κ2) is 6.97. The van der Waals surface area contributed by atoms with E-state index >= 15 is 0 Å². The lowest BCUT2D eigenvalue weighted by Crippen LogP contribution is -2.52. The summed E-state index contributed by atoms with van der Waals surface area (Å²) in [4.78, 5) is 5.35. The number of nitrogens with zero attached hydrogens (tertiary/aromatic N) is 2. The predicted molar refractivity (Wildman–Crippen MR) is 89.6 cm³/mol. The molecule has 122 valence electrons. The topological polar surface area (TPSA) is 18.5 Å². The van der Waals surface area contributed by atoms with Crippen LogP contribution in [0.3, 0.4) is 0 Å². The van der Waals surface area contributed by atoms with Crippen LogP contribution in [0.25, 0.3) is 0 Å². The number of hydrogen-bond acceptors (Lipinski definition) is 3. The third-order valence-corrected chi connectivity index (χ3v) is 6.15.